The first-order valence-electron chi connectivity index (χ1n) is 8.35. The molecule has 1 saturated carbocycles. The fourth-order valence-electron chi connectivity index (χ4n) is 4.55. The minimum atomic E-state index is 0.747. The van der Waals surface area contributed by atoms with Crippen molar-refractivity contribution < 1.29 is 0 Å². The van der Waals surface area contributed by atoms with Crippen LogP contribution in [-0.2, 0) is 0 Å². The number of nitrogens with zero attached hydrogens (tertiary/aromatic N) is 1. The lowest BCUT2D eigenvalue weighted by Gasteiger charge is -2.36. The lowest BCUT2D eigenvalue weighted by atomic mass is 9.84. The Labute approximate surface area is 113 Å². The van der Waals surface area contributed by atoms with E-state index in [9.17, 15) is 0 Å². The second-order valence-corrected chi connectivity index (χ2v) is 6.85. The molecule has 2 nitrogen and oxygen atoms in total. The van der Waals surface area contributed by atoms with Gasteiger partial charge in [-0.3, -0.25) is 4.90 Å². The van der Waals surface area contributed by atoms with Crippen LogP contribution in [0.3, 0.4) is 0 Å². The summed E-state index contributed by atoms with van der Waals surface area (Å²) in [7, 11) is 0. The SMILES string of the molecule is C[C@H](NC1CCN2CCCCC12)C1CCCCC1. The maximum Gasteiger partial charge on any atom is 0.0249 e. The molecular formula is C16H30N2. The first kappa shape index (κ1) is 12.9. The molecule has 1 N–H and O–H groups in total. The zero-order valence-corrected chi connectivity index (χ0v) is 12.0. The molecule has 3 fully saturated rings. The third kappa shape index (κ3) is 2.75. The van der Waals surface area contributed by atoms with E-state index in [0.717, 1.165) is 24.0 Å². The van der Waals surface area contributed by atoms with Crippen molar-refractivity contribution in [1.82, 2.24) is 10.2 Å². The van der Waals surface area contributed by atoms with E-state index in [-0.39, 0.29) is 0 Å². The van der Waals surface area contributed by atoms with Crippen LogP contribution in [0.4, 0.5) is 0 Å². The minimum absolute atomic E-state index is 0.747. The largest absolute Gasteiger partial charge is 0.310 e. The van der Waals surface area contributed by atoms with Gasteiger partial charge in [-0.15, -0.1) is 0 Å². The van der Waals surface area contributed by atoms with E-state index >= 15 is 0 Å². The molecule has 2 saturated heterocycles. The van der Waals surface area contributed by atoms with Gasteiger partial charge in [0.1, 0.15) is 0 Å². The number of nitrogens with one attached hydrogen (secondary N) is 1. The van der Waals surface area contributed by atoms with Crippen molar-refractivity contribution in [2.45, 2.75) is 82.8 Å². The number of hydrogen-bond donors (Lipinski definition) is 1. The standard InChI is InChI=1S/C16H30N2/c1-13(14-7-3-2-4-8-14)17-15-10-12-18-11-6-5-9-16(15)18/h13-17H,2-12H2,1H3/t13-,15?,16?/m0/s1. The number of rotatable bonds is 3. The van der Waals surface area contributed by atoms with E-state index in [2.05, 4.69) is 17.1 Å². The summed E-state index contributed by atoms with van der Waals surface area (Å²) in [5.41, 5.74) is 0. The normalized spacial score (nSPS) is 36.5. The van der Waals surface area contributed by atoms with E-state index in [1.54, 1.807) is 0 Å². The second-order valence-electron chi connectivity index (χ2n) is 6.85. The van der Waals surface area contributed by atoms with Gasteiger partial charge in [0, 0.05) is 24.7 Å². The minimum Gasteiger partial charge on any atom is -0.310 e. The van der Waals surface area contributed by atoms with Gasteiger partial charge in [-0.1, -0.05) is 25.7 Å². The number of fused-ring (bicyclic) bond motifs is 1. The average molecular weight is 250 g/mol. The molecule has 3 aliphatic rings. The van der Waals surface area contributed by atoms with Gasteiger partial charge in [0.2, 0.25) is 0 Å². The quantitative estimate of drug-likeness (QED) is 0.827. The van der Waals surface area contributed by atoms with E-state index in [4.69, 9.17) is 0 Å². The molecule has 0 aromatic heterocycles. The van der Waals surface area contributed by atoms with E-state index < -0.39 is 0 Å². The van der Waals surface area contributed by atoms with Gasteiger partial charge in [-0.05, 0) is 51.5 Å². The van der Waals surface area contributed by atoms with Crippen LogP contribution < -0.4 is 5.32 Å². The van der Waals surface area contributed by atoms with Crippen molar-refractivity contribution in [3.63, 3.8) is 0 Å². The molecule has 3 rings (SSSR count). The van der Waals surface area contributed by atoms with Gasteiger partial charge in [-0.25, -0.2) is 0 Å². The van der Waals surface area contributed by atoms with Crippen LogP contribution in [0, 0.1) is 5.92 Å². The summed E-state index contributed by atoms with van der Waals surface area (Å²) >= 11 is 0. The van der Waals surface area contributed by atoms with Crippen LogP contribution in [-0.4, -0.2) is 36.1 Å². The molecule has 0 spiro atoms. The summed E-state index contributed by atoms with van der Waals surface area (Å²) in [6.07, 6.45) is 13.1. The topological polar surface area (TPSA) is 15.3 Å². The Morgan fingerprint density at radius 3 is 2.50 bits per heavy atom. The summed E-state index contributed by atoms with van der Waals surface area (Å²) in [5.74, 6) is 0.955. The lowest BCUT2D eigenvalue weighted by molar-refractivity contribution is 0.168. The number of hydrogen-bond acceptors (Lipinski definition) is 2. The molecule has 18 heavy (non-hydrogen) atoms. The van der Waals surface area contributed by atoms with Gasteiger partial charge in [-0.2, -0.15) is 0 Å². The van der Waals surface area contributed by atoms with Crippen molar-refractivity contribution in [2.24, 2.45) is 5.92 Å². The molecule has 2 heterocycles. The maximum atomic E-state index is 4.01. The van der Waals surface area contributed by atoms with Crippen LogP contribution in [0.25, 0.3) is 0 Å². The van der Waals surface area contributed by atoms with E-state index in [1.165, 1.54) is 70.9 Å². The molecule has 104 valence electrons. The highest BCUT2D eigenvalue weighted by Gasteiger charge is 2.36. The van der Waals surface area contributed by atoms with Crippen LogP contribution in [0.2, 0.25) is 0 Å². The molecule has 0 aromatic carbocycles. The van der Waals surface area contributed by atoms with Crippen LogP contribution >= 0.6 is 0 Å². The molecule has 3 atom stereocenters. The highest BCUT2D eigenvalue weighted by molar-refractivity contribution is 4.95. The molecule has 0 amide bonds. The van der Waals surface area contributed by atoms with Crippen molar-refractivity contribution in [1.29, 1.82) is 0 Å². The summed E-state index contributed by atoms with van der Waals surface area (Å²) in [5, 5.41) is 4.01. The van der Waals surface area contributed by atoms with Crippen LogP contribution in [0.5, 0.6) is 0 Å². The van der Waals surface area contributed by atoms with Gasteiger partial charge >= 0.3 is 0 Å². The summed E-state index contributed by atoms with van der Waals surface area (Å²) in [4.78, 5) is 2.74. The molecule has 2 unspecified atom stereocenters. The zero-order valence-electron chi connectivity index (χ0n) is 12.0. The lowest BCUT2D eigenvalue weighted by Crippen LogP contribution is -2.49. The molecule has 0 radical (unpaired) electrons. The zero-order chi connectivity index (χ0) is 12.4. The van der Waals surface area contributed by atoms with Crippen molar-refractivity contribution in [3.8, 4) is 0 Å². The molecule has 2 heteroatoms. The second kappa shape index (κ2) is 5.92. The molecule has 2 aliphatic heterocycles. The summed E-state index contributed by atoms with van der Waals surface area (Å²) in [6, 6.07) is 2.41. The first-order valence-corrected chi connectivity index (χ1v) is 8.35. The van der Waals surface area contributed by atoms with E-state index in [1.807, 2.05) is 0 Å². The Morgan fingerprint density at radius 1 is 0.889 bits per heavy atom. The predicted octanol–water partition coefficient (Wildman–Crippen LogP) is 3.17. The average Bonchev–Trinajstić information content (AvgIpc) is 2.83. The summed E-state index contributed by atoms with van der Waals surface area (Å²) < 4.78 is 0. The molecule has 0 aromatic rings. The van der Waals surface area contributed by atoms with Crippen molar-refractivity contribution in [3.05, 3.63) is 0 Å². The Hall–Kier alpha value is -0.0800. The Balaban J connectivity index is 1.52. The molecular weight excluding hydrogens is 220 g/mol. The maximum absolute atomic E-state index is 4.01. The third-order valence-corrected chi connectivity index (χ3v) is 5.69. The Bertz CT molecular complexity index is 260. The van der Waals surface area contributed by atoms with Crippen LogP contribution in [0.15, 0.2) is 0 Å². The third-order valence-electron chi connectivity index (χ3n) is 5.69. The smallest absolute Gasteiger partial charge is 0.0249 e. The van der Waals surface area contributed by atoms with E-state index in [0.29, 0.717) is 0 Å². The van der Waals surface area contributed by atoms with Gasteiger partial charge in [0.05, 0.1) is 0 Å². The van der Waals surface area contributed by atoms with Gasteiger partial charge in [0.15, 0.2) is 0 Å². The monoisotopic (exact) mass is 250 g/mol. The first-order chi connectivity index (χ1) is 8.84. The Kier molecular flexibility index (Phi) is 4.25. The Morgan fingerprint density at radius 2 is 1.67 bits per heavy atom. The predicted molar refractivity (Wildman–Crippen MR) is 76.8 cm³/mol. The van der Waals surface area contributed by atoms with Gasteiger partial charge in [0.25, 0.3) is 0 Å². The van der Waals surface area contributed by atoms with Crippen LogP contribution in [0.1, 0.15) is 64.7 Å². The fourth-order valence-corrected chi connectivity index (χ4v) is 4.55. The highest BCUT2D eigenvalue weighted by Crippen LogP contribution is 2.30. The van der Waals surface area contributed by atoms with Crippen molar-refractivity contribution >= 4 is 0 Å². The van der Waals surface area contributed by atoms with Crippen molar-refractivity contribution in [2.75, 3.05) is 13.1 Å². The fraction of sp³-hybridized carbons (Fsp3) is 1.00. The highest BCUT2D eigenvalue weighted by atomic mass is 15.2. The molecule has 1 aliphatic carbocycles. The van der Waals surface area contributed by atoms with Gasteiger partial charge < -0.3 is 5.32 Å². The molecule has 0 bridgehead atoms. The summed E-state index contributed by atoms with van der Waals surface area (Å²) in [6.45, 7) is 5.15. The number of piperidine rings is 1.